The molecule has 0 spiro atoms. The zero-order valence-electron chi connectivity index (χ0n) is 14.4. The number of esters is 1. The monoisotopic (exact) mass is 358 g/mol. The van der Waals surface area contributed by atoms with Crippen molar-refractivity contribution in [2.45, 2.75) is 25.3 Å². The third-order valence-electron chi connectivity index (χ3n) is 4.55. The van der Waals surface area contributed by atoms with Crippen LogP contribution in [-0.4, -0.2) is 26.2 Å². The molecule has 132 valence electrons. The number of carbonyl (C=O) groups excluding carboxylic acids is 1. The molecule has 1 heterocycles. The summed E-state index contributed by atoms with van der Waals surface area (Å²) in [6.45, 7) is 2.22. The fourth-order valence-corrected chi connectivity index (χ4v) is 3.42. The van der Waals surface area contributed by atoms with E-state index in [4.69, 9.17) is 16.3 Å². The molecule has 0 bridgehead atoms. The number of piperidine rings is 1. The first-order valence-electron chi connectivity index (χ1n) is 8.63. The summed E-state index contributed by atoms with van der Waals surface area (Å²) < 4.78 is 4.94. The summed E-state index contributed by atoms with van der Waals surface area (Å²) in [5, 5.41) is 3.78. The highest BCUT2D eigenvalue weighted by atomic mass is 35.5. The second-order valence-corrected chi connectivity index (χ2v) is 6.62. The van der Waals surface area contributed by atoms with Crippen LogP contribution in [0.2, 0.25) is 5.02 Å². The van der Waals surface area contributed by atoms with E-state index in [0.29, 0.717) is 10.6 Å². The van der Waals surface area contributed by atoms with Gasteiger partial charge < -0.3 is 15.0 Å². The summed E-state index contributed by atoms with van der Waals surface area (Å²) in [7, 11) is 1.38. The maximum absolute atomic E-state index is 12.2. The molecule has 2 aromatic carbocycles. The molecule has 0 amide bonds. The second-order valence-electron chi connectivity index (χ2n) is 6.22. The molecule has 2 aromatic rings. The number of hydrogen-bond acceptors (Lipinski definition) is 4. The zero-order chi connectivity index (χ0) is 17.6. The molecule has 0 aliphatic carbocycles. The minimum atomic E-state index is -0.639. The standard InChI is InChI=1S/C20H23ClN2O2/c1-25-20(24)19(17-7-3-4-8-18(17)21)22-15-9-11-16(12-10-15)23-13-5-2-6-14-23/h3-4,7-12,19,22H,2,5-6,13-14H2,1H3. The van der Waals surface area contributed by atoms with Gasteiger partial charge in [0, 0.05) is 35.1 Å². The fourth-order valence-electron chi connectivity index (χ4n) is 3.18. The van der Waals surface area contributed by atoms with Crippen LogP contribution in [0.4, 0.5) is 11.4 Å². The molecule has 1 fully saturated rings. The molecule has 25 heavy (non-hydrogen) atoms. The molecular weight excluding hydrogens is 336 g/mol. The van der Waals surface area contributed by atoms with Gasteiger partial charge in [-0.1, -0.05) is 29.8 Å². The molecule has 0 radical (unpaired) electrons. The van der Waals surface area contributed by atoms with Crippen LogP contribution in [0.5, 0.6) is 0 Å². The number of benzene rings is 2. The maximum Gasteiger partial charge on any atom is 0.333 e. The lowest BCUT2D eigenvalue weighted by Gasteiger charge is -2.29. The van der Waals surface area contributed by atoms with Gasteiger partial charge in [-0.05, 0) is 49.6 Å². The Morgan fingerprint density at radius 2 is 1.76 bits per heavy atom. The summed E-state index contributed by atoms with van der Waals surface area (Å²) in [5.41, 5.74) is 2.78. The van der Waals surface area contributed by atoms with Crippen molar-refractivity contribution in [2.75, 3.05) is 30.4 Å². The number of nitrogens with one attached hydrogen (secondary N) is 1. The van der Waals surface area contributed by atoms with Crippen LogP contribution in [0, 0.1) is 0 Å². The lowest BCUT2D eigenvalue weighted by Crippen LogP contribution is -2.29. The van der Waals surface area contributed by atoms with Gasteiger partial charge in [0.15, 0.2) is 6.04 Å². The molecule has 0 saturated carbocycles. The summed E-state index contributed by atoms with van der Waals surface area (Å²) in [5.74, 6) is -0.367. The van der Waals surface area contributed by atoms with Crippen LogP contribution in [0.3, 0.4) is 0 Å². The number of hydrogen-bond donors (Lipinski definition) is 1. The minimum Gasteiger partial charge on any atom is -0.467 e. The van der Waals surface area contributed by atoms with Crippen molar-refractivity contribution in [3.63, 3.8) is 0 Å². The van der Waals surface area contributed by atoms with Crippen LogP contribution >= 0.6 is 11.6 Å². The summed E-state index contributed by atoms with van der Waals surface area (Å²) >= 11 is 6.26. The first kappa shape index (κ1) is 17.6. The quantitative estimate of drug-likeness (QED) is 0.789. The van der Waals surface area contributed by atoms with Crippen LogP contribution in [0.1, 0.15) is 30.9 Å². The summed E-state index contributed by atoms with van der Waals surface area (Å²) in [6, 6.07) is 14.8. The molecule has 5 heteroatoms. The number of nitrogens with zero attached hydrogens (tertiary/aromatic N) is 1. The van der Waals surface area contributed by atoms with E-state index in [2.05, 4.69) is 22.3 Å². The lowest BCUT2D eigenvalue weighted by atomic mass is 10.1. The first-order valence-corrected chi connectivity index (χ1v) is 9.00. The van der Waals surface area contributed by atoms with Crippen molar-refractivity contribution < 1.29 is 9.53 Å². The average Bonchev–Trinajstić information content (AvgIpc) is 2.67. The highest BCUT2D eigenvalue weighted by molar-refractivity contribution is 6.31. The van der Waals surface area contributed by atoms with E-state index in [1.54, 1.807) is 6.07 Å². The molecular formula is C20H23ClN2O2. The van der Waals surface area contributed by atoms with Gasteiger partial charge in [0.1, 0.15) is 0 Å². The Kier molecular flexibility index (Phi) is 5.82. The summed E-state index contributed by atoms with van der Waals surface area (Å²) in [6.07, 6.45) is 3.81. The lowest BCUT2D eigenvalue weighted by molar-refractivity contribution is -0.141. The minimum absolute atomic E-state index is 0.367. The van der Waals surface area contributed by atoms with Gasteiger partial charge in [-0.3, -0.25) is 0 Å². The van der Waals surface area contributed by atoms with Crippen LogP contribution < -0.4 is 10.2 Å². The van der Waals surface area contributed by atoms with E-state index < -0.39 is 6.04 Å². The number of carbonyl (C=O) groups is 1. The molecule has 1 N–H and O–H groups in total. The second kappa shape index (κ2) is 8.26. The predicted octanol–water partition coefficient (Wildman–Crippen LogP) is 4.66. The Hall–Kier alpha value is -2.20. The van der Waals surface area contributed by atoms with Gasteiger partial charge in [0.05, 0.1) is 7.11 Å². The number of halogens is 1. The average molecular weight is 359 g/mol. The topological polar surface area (TPSA) is 41.6 Å². The largest absolute Gasteiger partial charge is 0.467 e. The van der Waals surface area contributed by atoms with Crippen molar-refractivity contribution in [2.24, 2.45) is 0 Å². The molecule has 1 atom stereocenters. The van der Waals surface area contributed by atoms with Gasteiger partial charge >= 0.3 is 5.97 Å². The number of anilines is 2. The fraction of sp³-hybridized carbons (Fsp3) is 0.350. The van der Waals surface area contributed by atoms with Gasteiger partial charge in [0.2, 0.25) is 0 Å². The normalized spacial score (nSPS) is 15.5. The highest BCUT2D eigenvalue weighted by Gasteiger charge is 2.23. The van der Waals surface area contributed by atoms with E-state index in [1.165, 1.54) is 32.1 Å². The van der Waals surface area contributed by atoms with Crippen molar-refractivity contribution in [3.8, 4) is 0 Å². The van der Waals surface area contributed by atoms with Gasteiger partial charge in [-0.25, -0.2) is 4.79 Å². The third-order valence-corrected chi connectivity index (χ3v) is 4.90. The third kappa shape index (κ3) is 4.26. The molecule has 1 unspecified atom stereocenters. The number of methoxy groups -OCH3 is 1. The van der Waals surface area contributed by atoms with Gasteiger partial charge in [-0.2, -0.15) is 0 Å². The van der Waals surface area contributed by atoms with Crippen LogP contribution in [-0.2, 0) is 9.53 Å². The molecule has 1 aliphatic heterocycles. The SMILES string of the molecule is COC(=O)C(Nc1ccc(N2CCCCC2)cc1)c1ccccc1Cl. The van der Waals surface area contributed by atoms with Gasteiger partial charge in [-0.15, -0.1) is 0 Å². The van der Waals surface area contributed by atoms with Crippen molar-refractivity contribution in [1.29, 1.82) is 0 Å². The van der Waals surface area contributed by atoms with E-state index in [-0.39, 0.29) is 5.97 Å². The van der Waals surface area contributed by atoms with E-state index in [9.17, 15) is 4.79 Å². The van der Waals surface area contributed by atoms with Crippen LogP contribution in [0.25, 0.3) is 0 Å². The highest BCUT2D eigenvalue weighted by Crippen LogP contribution is 2.28. The zero-order valence-corrected chi connectivity index (χ0v) is 15.1. The van der Waals surface area contributed by atoms with E-state index >= 15 is 0 Å². The number of rotatable bonds is 5. The smallest absolute Gasteiger partial charge is 0.333 e. The van der Waals surface area contributed by atoms with Crippen molar-refractivity contribution >= 4 is 28.9 Å². The van der Waals surface area contributed by atoms with Crippen LogP contribution in [0.15, 0.2) is 48.5 Å². The molecule has 1 saturated heterocycles. The molecule has 1 aliphatic rings. The predicted molar refractivity (Wildman–Crippen MR) is 102 cm³/mol. The van der Waals surface area contributed by atoms with E-state index in [1.807, 2.05) is 30.3 Å². The van der Waals surface area contributed by atoms with Crippen molar-refractivity contribution in [1.82, 2.24) is 0 Å². The number of ether oxygens (including phenoxy) is 1. The maximum atomic E-state index is 12.2. The Labute approximate surface area is 153 Å². The molecule has 3 rings (SSSR count). The first-order chi connectivity index (χ1) is 12.2. The van der Waals surface area contributed by atoms with Gasteiger partial charge in [0.25, 0.3) is 0 Å². The van der Waals surface area contributed by atoms with E-state index in [0.717, 1.165) is 18.8 Å². The summed E-state index contributed by atoms with van der Waals surface area (Å²) in [4.78, 5) is 14.6. The Morgan fingerprint density at radius 1 is 1.08 bits per heavy atom. The Morgan fingerprint density at radius 3 is 2.40 bits per heavy atom. The van der Waals surface area contributed by atoms with Crippen molar-refractivity contribution in [3.05, 3.63) is 59.1 Å². The molecule has 4 nitrogen and oxygen atoms in total. The molecule has 0 aromatic heterocycles. The Balaban J connectivity index is 1.78. The Bertz CT molecular complexity index is 712.